The zero-order valence-electron chi connectivity index (χ0n) is 12.2. The molecule has 0 saturated heterocycles. The van der Waals surface area contributed by atoms with E-state index < -0.39 is 0 Å². The molecular formula is C16H19N3O2. The smallest absolute Gasteiger partial charge is 0.263 e. The van der Waals surface area contributed by atoms with Crippen LogP contribution >= 0.6 is 0 Å². The van der Waals surface area contributed by atoms with Crippen LogP contribution in [0, 0.1) is 13.8 Å². The fraction of sp³-hybridized carbons (Fsp3) is 0.250. The number of nitrogens with zero attached hydrogens (tertiary/aromatic N) is 1. The molecule has 1 heterocycles. The minimum Gasteiger partial charge on any atom is -0.483 e. The number of nitrogens with one attached hydrogen (secondary N) is 1. The maximum absolute atomic E-state index is 11.8. The molecule has 3 N–H and O–H groups in total. The third-order valence-corrected chi connectivity index (χ3v) is 3.24. The monoisotopic (exact) mass is 285 g/mol. The first-order valence-electron chi connectivity index (χ1n) is 6.74. The number of carbonyl (C=O) groups excluding carboxylic acids is 1. The van der Waals surface area contributed by atoms with E-state index >= 15 is 0 Å². The number of pyridine rings is 1. The van der Waals surface area contributed by atoms with Gasteiger partial charge in [0.15, 0.2) is 6.61 Å². The molecule has 0 aliphatic heterocycles. The molecule has 5 nitrogen and oxygen atoms in total. The van der Waals surface area contributed by atoms with Gasteiger partial charge in [0.05, 0.1) is 0 Å². The number of ether oxygens (including phenoxy) is 1. The number of aromatic nitrogens is 1. The molecule has 1 amide bonds. The molecule has 5 heteroatoms. The van der Waals surface area contributed by atoms with Crippen LogP contribution in [0.3, 0.4) is 0 Å². The van der Waals surface area contributed by atoms with Crippen molar-refractivity contribution in [1.82, 2.24) is 4.98 Å². The third-order valence-electron chi connectivity index (χ3n) is 3.24. The van der Waals surface area contributed by atoms with Crippen LogP contribution in [0.5, 0.6) is 5.75 Å². The highest BCUT2D eigenvalue weighted by atomic mass is 16.5. The number of aryl methyl sites for hydroxylation is 1. The van der Waals surface area contributed by atoms with Gasteiger partial charge in [0.1, 0.15) is 11.6 Å². The van der Waals surface area contributed by atoms with Crippen molar-refractivity contribution in [2.24, 2.45) is 5.73 Å². The van der Waals surface area contributed by atoms with Gasteiger partial charge in [0.2, 0.25) is 0 Å². The van der Waals surface area contributed by atoms with Crippen LogP contribution in [0.4, 0.5) is 5.82 Å². The van der Waals surface area contributed by atoms with Crippen LogP contribution in [0.1, 0.15) is 16.7 Å². The summed E-state index contributed by atoms with van der Waals surface area (Å²) >= 11 is 0. The lowest BCUT2D eigenvalue weighted by Gasteiger charge is -2.10. The summed E-state index contributed by atoms with van der Waals surface area (Å²) in [7, 11) is 0. The first-order chi connectivity index (χ1) is 10.1. The summed E-state index contributed by atoms with van der Waals surface area (Å²) in [5.41, 5.74) is 8.58. The van der Waals surface area contributed by atoms with Gasteiger partial charge < -0.3 is 15.8 Å². The zero-order valence-corrected chi connectivity index (χ0v) is 12.2. The summed E-state index contributed by atoms with van der Waals surface area (Å²) in [6.45, 7) is 4.35. The fourth-order valence-electron chi connectivity index (χ4n) is 1.82. The lowest BCUT2D eigenvalue weighted by atomic mass is 10.1. The Bertz CT molecular complexity index is 624. The standard InChI is InChI=1S/C16H19N3O2/c1-11-4-3-5-14(12(11)2)21-10-16(20)19-15-7-6-13(8-17)9-18-15/h3-7,9H,8,10,17H2,1-2H3,(H,18,19,20). The number of carbonyl (C=O) groups is 1. The highest BCUT2D eigenvalue weighted by Gasteiger charge is 2.07. The second kappa shape index (κ2) is 6.85. The lowest BCUT2D eigenvalue weighted by molar-refractivity contribution is -0.118. The van der Waals surface area contributed by atoms with Crippen LogP contribution in [-0.2, 0) is 11.3 Å². The Hall–Kier alpha value is -2.40. The highest BCUT2D eigenvalue weighted by molar-refractivity contribution is 5.90. The summed E-state index contributed by atoms with van der Waals surface area (Å²) in [5, 5.41) is 2.68. The largest absolute Gasteiger partial charge is 0.483 e. The van der Waals surface area contributed by atoms with E-state index in [1.807, 2.05) is 38.1 Å². The second-order valence-corrected chi connectivity index (χ2v) is 4.79. The van der Waals surface area contributed by atoms with E-state index in [2.05, 4.69) is 10.3 Å². The molecule has 0 bridgehead atoms. The number of anilines is 1. The quantitative estimate of drug-likeness (QED) is 0.882. The molecule has 0 spiro atoms. The number of hydrogen-bond donors (Lipinski definition) is 2. The second-order valence-electron chi connectivity index (χ2n) is 4.79. The first-order valence-corrected chi connectivity index (χ1v) is 6.74. The van der Waals surface area contributed by atoms with Crippen molar-refractivity contribution >= 4 is 11.7 Å². The van der Waals surface area contributed by atoms with Gasteiger partial charge >= 0.3 is 0 Å². The highest BCUT2D eigenvalue weighted by Crippen LogP contribution is 2.20. The van der Waals surface area contributed by atoms with Crippen LogP contribution in [-0.4, -0.2) is 17.5 Å². The van der Waals surface area contributed by atoms with Gasteiger partial charge in [0.25, 0.3) is 5.91 Å². The normalized spacial score (nSPS) is 10.2. The number of nitrogens with two attached hydrogens (primary N) is 1. The van der Waals surface area contributed by atoms with Crippen LogP contribution in [0.25, 0.3) is 0 Å². The summed E-state index contributed by atoms with van der Waals surface area (Å²) in [5.74, 6) is 0.960. The average Bonchev–Trinajstić information content (AvgIpc) is 2.49. The van der Waals surface area contributed by atoms with E-state index in [1.165, 1.54) is 0 Å². The Labute approximate surface area is 124 Å². The molecular weight excluding hydrogens is 266 g/mol. The molecule has 0 radical (unpaired) electrons. The van der Waals surface area contributed by atoms with Gasteiger partial charge in [0, 0.05) is 12.7 Å². The Balaban J connectivity index is 1.91. The van der Waals surface area contributed by atoms with Gasteiger partial charge in [-0.3, -0.25) is 4.79 Å². The molecule has 0 aliphatic rings. The molecule has 0 saturated carbocycles. The number of hydrogen-bond acceptors (Lipinski definition) is 4. The summed E-state index contributed by atoms with van der Waals surface area (Å²) in [6.07, 6.45) is 1.64. The molecule has 0 fully saturated rings. The van der Waals surface area contributed by atoms with E-state index in [0.717, 1.165) is 22.4 Å². The van der Waals surface area contributed by atoms with Crippen LogP contribution in [0.15, 0.2) is 36.5 Å². The minimum atomic E-state index is -0.246. The zero-order chi connectivity index (χ0) is 15.2. The van der Waals surface area contributed by atoms with Crippen molar-refractivity contribution in [1.29, 1.82) is 0 Å². The molecule has 0 unspecified atom stereocenters. The Morgan fingerprint density at radius 1 is 1.29 bits per heavy atom. The lowest BCUT2D eigenvalue weighted by Crippen LogP contribution is -2.21. The Morgan fingerprint density at radius 3 is 2.76 bits per heavy atom. The van der Waals surface area contributed by atoms with Gasteiger partial charge in [-0.1, -0.05) is 18.2 Å². The van der Waals surface area contributed by atoms with Gasteiger partial charge in [-0.25, -0.2) is 4.98 Å². The molecule has 0 aliphatic carbocycles. The predicted octanol–water partition coefficient (Wildman–Crippen LogP) is 2.17. The minimum absolute atomic E-state index is 0.0510. The molecule has 0 atom stereocenters. The first kappa shape index (κ1) is 15.0. The van der Waals surface area contributed by atoms with Crippen molar-refractivity contribution in [2.75, 3.05) is 11.9 Å². The van der Waals surface area contributed by atoms with Crippen LogP contribution in [0.2, 0.25) is 0 Å². The molecule has 2 aromatic rings. The molecule has 110 valence electrons. The van der Waals surface area contributed by atoms with Gasteiger partial charge in [-0.05, 0) is 42.7 Å². The van der Waals surface area contributed by atoms with Gasteiger partial charge in [-0.2, -0.15) is 0 Å². The van der Waals surface area contributed by atoms with Crippen molar-refractivity contribution in [2.45, 2.75) is 20.4 Å². The number of amides is 1. The Morgan fingerprint density at radius 2 is 2.10 bits per heavy atom. The topological polar surface area (TPSA) is 77.2 Å². The fourth-order valence-corrected chi connectivity index (χ4v) is 1.82. The van der Waals surface area contributed by atoms with E-state index in [4.69, 9.17) is 10.5 Å². The van der Waals surface area contributed by atoms with E-state index in [-0.39, 0.29) is 12.5 Å². The summed E-state index contributed by atoms with van der Waals surface area (Å²) < 4.78 is 5.54. The van der Waals surface area contributed by atoms with Crippen molar-refractivity contribution in [3.8, 4) is 5.75 Å². The summed E-state index contributed by atoms with van der Waals surface area (Å²) in [6, 6.07) is 9.31. The maximum atomic E-state index is 11.8. The van der Waals surface area contributed by atoms with Crippen molar-refractivity contribution < 1.29 is 9.53 Å². The summed E-state index contributed by atoms with van der Waals surface area (Å²) in [4.78, 5) is 15.9. The maximum Gasteiger partial charge on any atom is 0.263 e. The van der Waals surface area contributed by atoms with E-state index in [0.29, 0.717) is 12.4 Å². The van der Waals surface area contributed by atoms with Crippen LogP contribution < -0.4 is 15.8 Å². The van der Waals surface area contributed by atoms with Crippen molar-refractivity contribution in [3.63, 3.8) is 0 Å². The molecule has 1 aromatic carbocycles. The molecule has 2 rings (SSSR count). The van der Waals surface area contributed by atoms with Crippen molar-refractivity contribution in [3.05, 3.63) is 53.2 Å². The Kier molecular flexibility index (Phi) is 4.90. The van der Waals surface area contributed by atoms with Gasteiger partial charge in [-0.15, -0.1) is 0 Å². The number of rotatable bonds is 5. The molecule has 1 aromatic heterocycles. The molecule has 21 heavy (non-hydrogen) atoms. The third kappa shape index (κ3) is 4.03. The SMILES string of the molecule is Cc1cccc(OCC(=O)Nc2ccc(CN)cn2)c1C. The number of benzene rings is 1. The van der Waals surface area contributed by atoms with E-state index in [1.54, 1.807) is 12.3 Å². The van der Waals surface area contributed by atoms with E-state index in [9.17, 15) is 4.79 Å². The predicted molar refractivity (Wildman–Crippen MR) is 82.2 cm³/mol. The average molecular weight is 285 g/mol.